The van der Waals surface area contributed by atoms with Crippen LogP contribution in [0.2, 0.25) is 0 Å². The van der Waals surface area contributed by atoms with Gasteiger partial charge in [0.15, 0.2) is 11.0 Å². The van der Waals surface area contributed by atoms with Crippen LogP contribution in [0.4, 0.5) is 0 Å². The van der Waals surface area contributed by atoms with E-state index in [9.17, 15) is 0 Å². The first-order valence-corrected chi connectivity index (χ1v) is 8.88. The molecule has 2 aromatic carbocycles. The van der Waals surface area contributed by atoms with Crippen LogP contribution in [0.1, 0.15) is 19.4 Å². The molecule has 0 bridgehead atoms. The molecule has 0 saturated heterocycles. The third-order valence-corrected chi connectivity index (χ3v) is 4.55. The molecule has 0 aliphatic rings. The van der Waals surface area contributed by atoms with E-state index in [2.05, 4.69) is 65.0 Å². The second-order valence-electron chi connectivity index (χ2n) is 5.95. The van der Waals surface area contributed by atoms with Crippen LogP contribution in [0.25, 0.3) is 11.4 Å². The van der Waals surface area contributed by atoms with Crippen molar-refractivity contribution in [3.05, 3.63) is 66.2 Å². The van der Waals surface area contributed by atoms with Gasteiger partial charge in [-0.15, -0.1) is 10.2 Å². The average molecular weight is 323 g/mol. The topological polar surface area (TPSA) is 30.7 Å². The summed E-state index contributed by atoms with van der Waals surface area (Å²) in [7, 11) is 0. The first-order chi connectivity index (χ1) is 11.2. The Hall–Kier alpha value is -2.07. The molecule has 118 valence electrons. The van der Waals surface area contributed by atoms with Gasteiger partial charge in [0.1, 0.15) is 0 Å². The Morgan fingerprint density at radius 2 is 1.57 bits per heavy atom. The number of nitrogens with zero attached hydrogens (tertiary/aromatic N) is 3. The molecule has 0 aliphatic heterocycles. The minimum absolute atomic E-state index is 0.546. The molecule has 23 heavy (non-hydrogen) atoms. The van der Waals surface area contributed by atoms with Crippen LogP contribution >= 0.6 is 11.8 Å². The molecule has 4 heteroatoms. The lowest BCUT2D eigenvalue weighted by molar-refractivity contribution is 0.498. The van der Waals surface area contributed by atoms with Crippen molar-refractivity contribution in [2.45, 2.75) is 31.3 Å². The highest BCUT2D eigenvalue weighted by molar-refractivity contribution is 7.98. The van der Waals surface area contributed by atoms with E-state index in [4.69, 9.17) is 0 Å². The molecule has 3 rings (SSSR count). The van der Waals surface area contributed by atoms with Gasteiger partial charge in [-0.3, -0.25) is 0 Å². The van der Waals surface area contributed by atoms with Gasteiger partial charge in [0.25, 0.3) is 0 Å². The second-order valence-corrected chi connectivity index (χ2v) is 6.89. The van der Waals surface area contributed by atoms with Gasteiger partial charge in [0, 0.05) is 17.9 Å². The number of hydrogen-bond donors (Lipinski definition) is 0. The summed E-state index contributed by atoms with van der Waals surface area (Å²) in [5.74, 6) is 2.41. The van der Waals surface area contributed by atoms with E-state index in [1.165, 1.54) is 5.56 Å². The van der Waals surface area contributed by atoms with Crippen molar-refractivity contribution in [2.75, 3.05) is 0 Å². The normalized spacial score (nSPS) is 11.1. The number of aromatic nitrogens is 3. The maximum atomic E-state index is 4.44. The van der Waals surface area contributed by atoms with Crippen LogP contribution in [-0.2, 0) is 12.3 Å². The van der Waals surface area contributed by atoms with Gasteiger partial charge in [0.05, 0.1) is 0 Å². The summed E-state index contributed by atoms with van der Waals surface area (Å²) in [6, 6.07) is 20.8. The quantitative estimate of drug-likeness (QED) is 0.605. The van der Waals surface area contributed by atoms with Gasteiger partial charge in [-0.2, -0.15) is 0 Å². The Balaban J connectivity index is 1.86. The van der Waals surface area contributed by atoms with Crippen LogP contribution < -0.4 is 0 Å². The molecule has 0 N–H and O–H groups in total. The molecular formula is C19H21N3S. The van der Waals surface area contributed by atoms with Crippen molar-refractivity contribution < 1.29 is 0 Å². The molecular weight excluding hydrogens is 302 g/mol. The standard InChI is InChI=1S/C19H21N3S/c1-15(2)13-22-18(17-11-7-4-8-12-17)20-21-19(22)23-14-16-9-5-3-6-10-16/h3-12,15H,13-14H2,1-2H3. The fourth-order valence-electron chi connectivity index (χ4n) is 2.45. The maximum absolute atomic E-state index is 4.44. The van der Waals surface area contributed by atoms with Gasteiger partial charge in [-0.25, -0.2) is 0 Å². The minimum Gasteiger partial charge on any atom is -0.302 e. The summed E-state index contributed by atoms with van der Waals surface area (Å²) >= 11 is 1.75. The SMILES string of the molecule is CC(C)Cn1c(SCc2ccccc2)nnc1-c1ccccc1. The lowest BCUT2D eigenvalue weighted by atomic mass is 10.2. The van der Waals surface area contributed by atoms with Gasteiger partial charge in [0.2, 0.25) is 0 Å². The summed E-state index contributed by atoms with van der Waals surface area (Å²) < 4.78 is 2.24. The Bertz CT molecular complexity index is 736. The van der Waals surface area contributed by atoms with Gasteiger partial charge < -0.3 is 4.57 Å². The van der Waals surface area contributed by atoms with E-state index in [1.54, 1.807) is 11.8 Å². The highest BCUT2D eigenvalue weighted by Gasteiger charge is 2.15. The fraction of sp³-hybridized carbons (Fsp3) is 0.263. The average Bonchev–Trinajstić information content (AvgIpc) is 2.97. The molecule has 0 fully saturated rings. The van der Waals surface area contributed by atoms with Crippen LogP contribution in [0.3, 0.4) is 0 Å². The highest BCUT2D eigenvalue weighted by atomic mass is 32.2. The lowest BCUT2D eigenvalue weighted by Crippen LogP contribution is -2.07. The number of benzene rings is 2. The van der Waals surface area contributed by atoms with Gasteiger partial charge >= 0.3 is 0 Å². The molecule has 1 heterocycles. The van der Waals surface area contributed by atoms with Crippen molar-refractivity contribution in [1.82, 2.24) is 14.8 Å². The maximum Gasteiger partial charge on any atom is 0.191 e. The zero-order valence-electron chi connectivity index (χ0n) is 13.5. The van der Waals surface area contributed by atoms with E-state index >= 15 is 0 Å². The fourth-order valence-corrected chi connectivity index (χ4v) is 3.35. The van der Waals surface area contributed by atoms with Crippen LogP contribution in [0, 0.1) is 5.92 Å². The van der Waals surface area contributed by atoms with Crippen LogP contribution in [0.5, 0.6) is 0 Å². The van der Waals surface area contributed by atoms with Crippen LogP contribution in [0.15, 0.2) is 65.8 Å². The molecule has 0 unspecified atom stereocenters. The van der Waals surface area contributed by atoms with E-state index in [1.807, 2.05) is 24.3 Å². The third kappa shape index (κ3) is 4.02. The van der Waals surface area contributed by atoms with Crippen molar-refractivity contribution in [1.29, 1.82) is 0 Å². The third-order valence-electron chi connectivity index (χ3n) is 3.51. The largest absolute Gasteiger partial charge is 0.302 e. The summed E-state index contributed by atoms with van der Waals surface area (Å²) in [6.07, 6.45) is 0. The number of hydrogen-bond acceptors (Lipinski definition) is 3. The van der Waals surface area contributed by atoms with Crippen molar-refractivity contribution in [3.63, 3.8) is 0 Å². The Kier molecular flexibility index (Phi) is 5.13. The second kappa shape index (κ2) is 7.47. The van der Waals surface area contributed by atoms with E-state index < -0.39 is 0 Å². The highest BCUT2D eigenvalue weighted by Crippen LogP contribution is 2.27. The molecule has 3 aromatic rings. The summed E-state index contributed by atoms with van der Waals surface area (Å²) in [6.45, 7) is 5.37. The van der Waals surface area contributed by atoms with E-state index in [-0.39, 0.29) is 0 Å². The molecule has 0 radical (unpaired) electrons. The zero-order chi connectivity index (χ0) is 16.1. The Morgan fingerprint density at radius 3 is 2.22 bits per heavy atom. The molecule has 0 spiro atoms. The molecule has 0 amide bonds. The summed E-state index contributed by atoms with van der Waals surface area (Å²) in [4.78, 5) is 0. The first kappa shape index (κ1) is 15.8. The van der Waals surface area contributed by atoms with Crippen molar-refractivity contribution >= 4 is 11.8 Å². The Labute approximate surface area is 141 Å². The lowest BCUT2D eigenvalue weighted by Gasteiger charge is -2.12. The van der Waals surface area contributed by atoms with Crippen LogP contribution in [-0.4, -0.2) is 14.8 Å². The van der Waals surface area contributed by atoms with Crippen molar-refractivity contribution in [3.8, 4) is 11.4 Å². The van der Waals surface area contributed by atoms with Gasteiger partial charge in [-0.05, 0) is 11.5 Å². The minimum atomic E-state index is 0.546. The molecule has 0 atom stereocenters. The predicted octanol–water partition coefficient (Wildman–Crippen LogP) is 4.89. The number of rotatable bonds is 6. The van der Waals surface area contributed by atoms with E-state index in [0.717, 1.165) is 28.8 Å². The van der Waals surface area contributed by atoms with Crippen molar-refractivity contribution in [2.24, 2.45) is 5.92 Å². The zero-order valence-corrected chi connectivity index (χ0v) is 14.3. The van der Waals surface area contributed by atoms with E-state index in [0.29, 0.717) is 5.92 Å². The number of thioether (sulfide) groups is 1. The predicted molar refractivity (Wildman–Crippen MR) is 96.3 cm³/mol. The first-order valence-electron chi connectivity index (χ1n) is 7.89. The van der Waals surface area contributed by atoms with Gasteiger partial charge in [-0.1, -0.05) is 86.3 Å². The monoisotopic (exact) mass is 323 g/mol. The molecule has 1 aromatic heterocycles. The molecule has 0 aliphatic carbocycles. The summed E-state index contributed by atoms with van der Waals surface area (Å²) in [5, 5.41) is 9.87. The summed E-state index contributed by atoms with van der Waals surface area (Å²) in [5.41, 5.74) is 2.42. The molecule has 3 nitrogen and oxygen atoms in total. The smallest absolute Gasteiger partial charge is 0.191 e. The molecule has 0 saturated carbocycles. The Morgan fingerprint density at radius 1 is 0.913 bits per heavy atom.